The van der Waals surface area contributed by atoms with Crippen LogP contribution in [0.3, 0.4) is 0 Å². The summed E-state index contributed by atoms with van der Waals surface area (Å²) in [7, 11) is 0. The van der Waals surface area contributed by atoms with Crippen LogP contribution < -0.4 is 5.32 Å². The topological polar surface area (TPSA) is 12.0 Å². The van der Waals surface area contributed by atoms with Gasteiger partial charge in [-0.2, -0.15) is 11.8 Å². The lowest BCUT2D eigenvalue weighted by Gasteiger charge is -2.32. The molecule has 1 N–H and O–H groups in total. The first-order chi connectivity index (χ1) is 8.16. The molecule has 1 aromatic carbocycles. The van der Waals surface area contributed by atoms with E-state index < -0.39 is 0 Å². The van der Waals surface area contributed by atoms with E-state index in [1.54, 1.807) is 0 Å². The summed E-state index contributed by atoms with van der Waals surface area (Å²) in [5, 5.41) is 4.53. The van der Waals surface area contributed by atoms with Gasteiger partial charge in [-0.1, -0.05) is 36.8 Å². The molecule has 1 fully saturated rings. The van der Waals surface area contributed by atoms with Gasteiger partial charge in [0.1, 0.15) is 0 Å². The minimum absolute atomic E-state index is 0.460. The molecule has 3 atom stereocenters. The van der Waals surface area contributed by atoms with Crippen molar-refractivity contribution in [2.24, 2.45) is 0 Å². The molecule has 2 unspecified atom stereocenters. The van der Waals surface area contributed by atoms with Gasteiger partial charge in [-0.25, -0.2) is 0 Å². The van der Waals surface area contributed by atoms with Gasteiger partial charge in [0.25, 0.3) is 0 Å². The number of thioether (sulfide) groups is 1. The first-order valence-corrected chi connectivity index (χ1v) is 7.66. The van der Waals surface area contributed by atoms with Crippen molar-refractivity contribution >= 4 is 11.8 Å². The first kappa shape index (κ1) is 13.0. The lowest BCUT2D eigenvalue weighted by Crippen LogP contribution is -2.40. The largest absolute Gasteiger partial charge is 0.306 e. The molecule has 1 nitrogen and oxygen atoms in total. The Morgan fingerprint density at radius 3 is 2.65 bits per heavy atom. The summed E-state index contributed by atoms with van der Waals surface area (Å²) in [4.78, 5) is 0. The second kappa shape index (κ2) is 5.92. The van der Waals surface area contributed by atoms with Crippen LogP contribution in [0.15, 0.2) is 24.3 Å². The molecule has 0 amide bonds. The Morgan fingerprint density at radius 1 is 1.29 bits per heavy atom. The average molecular weight is 249 g/mol. The van der Waals surface area contributed by atoms with Crippen LogP contribution >= 0.6 is 11.8 Å². The lowest BCUT2D eigenvalue weighted by atomic mass is 10.0. The number of benzene rings is 1. The fraction of sp³-hybridized carbons (Fsp3) is 0.600. The molecular weight excluding hydrogens is 226 g/mol. The van der Waals surface area contributed by atoms with Crippen LogP contribution in [-0.2, 0) is 0 Å². The highest BCUT2D eigenvalue weighted by Gasteiger charge is 2.23. The van der Waals surface area contributed by atoms with E-state index >= 15 is 0 Å². The highest BCUT2D eigenvalue weighted by Crippen LogP contribution is 2.27. The van der Waals surface area contributed by atoms with Gasteiger partial charge in [-0.3, -0.25) is 0 Å². The molecule has 0 aromatic heterocycles. The molecule has 1 heterocycles. The number of aryl methyl sites for hydroxylation is 1. The van der Waals surface area contributed by atoms with Crippen LogP contribution in [0, 0.1) is 6.92 Å². The van der Waals surface area contributed by atoms with Crippen molar-refractivity contribution in [3.8, 4) is 0 Å². The zero-order chi connectivity index (χ0) is 12.3. The number of nitrogens with one attached hydrogen (secondary N) is 1. The lowest BCUT2D eigenvalue weighted by molar-refractivity contribution is 0.417. The van der Waals surface area contributed by atoms with Crippen molar-refractivity contribution in [1.29, 1.82) is 0 Å². The molecular formula is C15H23NS. The van der Waals surface area contributed by atoms with Crippen molar-refractivity contribution in [3.05, 3.63) is 35.4 Å². The fourth-order valence-corrected chi connectivity index (χ4v) is 3.57. The molecule has 2 rings (SSSR count). The van der Waals surface area contributed by atoms with E-state index in [1.807, 2.05) is 0 Å². The second-order valence-corrected chi connectivity index (χ2v) is 6.61. The van der Waals surface area contributed by atoms with Crippen LogP contribution in [0.5, 0.6) is 0 Å². The summed E-state index contributed by atoms with van der Waals surface area (Å²) in [5.74, 6) is 1.33. The minimum atomic E-state index is 0.460. The third-order valence-electron chi connectivity index (χ3n) is 3.65. The van der Waals surface area contributed by atoms with E-state index in [4.69, 9.17) is 0 Å². The zero-order valence-corrected chi connectivity index (χ0v) is 11.9. The summed E-state index contributed by atoms with van der Waals surface area (Å²) in [5.41, 5.74) is 2.74. The van der Waals surface area contributed by atoms with Crippen LogP contribution in [-0.4, -0.2) is 17.0 Å². The number of hydrogen-bond donors (Lipinski definition) is 1. The molecule has 0 radical (unpaired) electrons. The SMILES string of the molecule is Cc1ccc([C@H](C)NC2CCCSC2C)cc1. The number of rotatable bonds is 3. The molecule has 2 heteroatoms. The third-order valence-corrected chi connectivity index (χ3v) is 5.03. The van der Waals surface area contributed by atoms with Gasteiger partial charge < -0.3 is 5.32 Å². The summed E-state index contributed by atoms with van der Waals surface area (Å²) in [6.07, 6.45) is 2.68. The molecule has 1 aliphatic heterocycles. The predicted molar refractivity (Wildman–Crippen MR) is 77.7 cm³/mol. The van der Waals surface area contributed by atoms with E-state index in [2.05, 4.69) is 62.1 Å². The highest BCUT2D eigenvalue weighted by molar-refractivity contribution is 7.99. The molecule has 1 saturated heterocycles. The van der Waals surface area contributed by atoms with E-state index in [0.29, 0.717) is 12.1 Å². The first-order valence-electron chi connectivity index (χ1n) is 6.61. The van der Waals surface area contributed by atoms with Gasteiger partial charge in [0.05, 0.1) is 0 Å². The Labute approximate surface area is 109 Å². The van der Waals surface area contributed by atoms with Gasteiger partial charge in [-0.05, 0) is 38.0 Å². The fourth-order valence-electron chi connectivity index (χ4n) is 2.41. The molecule has 94 valence electrons. The van der Waals surface area contributed by atoms with E-state index in [-0.39, 0.29) is 0 Å². The Balaban J connectivity index is 1.95. The van der Waals surface area contributed by atoms with Gasteiger partial charge in [-0.15, -0.1) is 0 Å². The van der Waals surface area contributed by atoms with Gasteiger partial charge in [0.2, 0.25) is 0 Å². The Kier molecular flexibility index (Phi) is 4.52. The van der Waals surface area contributed by atoms with Crippen molar-refractivity contribution in [3.63, 3.8) is 0 Å². The normalized spacial score (nSPS) is 26.8. The minimum Gasteiger partial charge on any atom is -0.306 e. The standard InChI is InChI=1S/C15H23NS/c1-11-6-8-14(9-7-11)12(2)16-15-5-4-10-17-13(15)3/h6-9,12-13,15-16H,4-5,10H2,1-3H3/t12-,13?,15?/m0/s1. The maximum absolute atomic E-state index is 3.78. The quantitative estimate of drug-likeness (QED) is 0.871. The maximum Gasteiger partial charge on any atom is 0.0294 e. The van der Waals surface area contributed by atoms with E-state index in [1.165, 1.54) is 29.7 Å². The van der Waals surface area contributed by atoms with Crippen molar-refractivity contribution in [2.75, 3.05) is 5.75 Å². The summed E-state index contributed by atoms with van der Waals surface area (Å²) < 4.78 is 0. The second-order valence-electron chi connectivity index (χ2n) is 5.12. The summed E-state index contributed by atoms with van der Waals surface area (Å²) in [6.45, 7) is 6.77. The molecule has 0 aliphatic carbocycles. The Morgan fingerprint density at radius 2 is 2.00 bits per heavy atom. The summed E-state index contributed by atoms with van der Waals surface area (Å²) >= 11 is 2.10. The average Bonchev–Trinajstić information content (AvgIpc) is 2.33. The molecule has 17 heavy (non-hydrogen) atoms. The third kappa shape index (κ3) is 3.49. The van der Waals surface area contributed by atoms with Crippen molar-refractivity contribution < 1.29 is 0 Å². The van der Waals surface area contributed by atoms with E-state index in [9.17, 15) is 0 Å². The Bertz CT molecular complexity index is 346. The summed E-state index contributed by atoms with van der Waals surface area (Å²) in [6, 6.07) is 10.0. The smallest absolute Gasteiger partial charge is 0.0294 e. The van der Waals surface area contributed by atoms with Gasteiger partial charge in [0, 0.05) is 17.3 Å². The number of hydrogen-bond acceptors (Lipinski definition) is 2. The molecule has 1 aliphatic rings. The van der Waals surface area contributed by atoms with Crippen LogP contribution in [0.2, 0.25) is 0 Å². The Hall–Kier alpha value is -0.470. The maximum atomic E-state index is 3.78. The van der Waals surface area contributed by atoms with Crippen LogP contribution in [0.4, 0.5) is 0 Å². The monoisotopic (exact) mass is 249 g/mol. The van der Waals surface area contributed by atoms with Crippen LogP contribution in [0.1, 0.15) is 43.9 Å². The zero-order valence-electron chi connectivity index (χ0n) is 11.1. The van der Waals surface area contributed by atoms with Crippen LogP contribution in [0.25, 0.3) is 0 Å². The molecule has 0 bridgehead atoms. The molecule has 1 aromatic rings. The van der Waals surface area contributed by atoms with E-state index in [0.717, 1.165) is 5.25 Å². The van der Waals surface area contributed by atoms with Gasteiger partial charge in [0.15, 0.2) is 0 Å². The molecule has 0 saturated carbocycles. The van der Waals surface area contributed by atoms with Gasteiger partial charge >= 0.3 is 0 Å². The molecule has 0 spiro atoms. The predicted octanol–water partition coefficient (Wildman–Crippen LogP) is 3.93. The highest BCUT2D eigenvalue weighted by atomic mass is 32.2. The van der Waals surface area contributed by atoms with Crippen molar-refractivity contribution in [2.45, 2.75) is 50.9 Å². The van der Waals surface area contributed by atoms with Crippen molar-refractivity contribution in [1.82, 2.24) is 5.32 Å².